The number of rotatable bonds is 7. The van der Waals surface area contributed by atoms with Crippen molar-refractivity contribution in [1.82, 2.24) is 10.2 Å². The Kier molecular flexibility index (Phi) is 6.88. The van der Waals surface area contributed by atoms with Crippen molar-refractivity contribution in [3.63, 3.8) is 0 Å². The molecule has 1 aliphatic heterocycles. The first-order valence-electron chi connectivity index (χ1n) is 9.95. The topological polar surface area (TPSA) is 41.6 Å². The highest BCUT2D eigenvalue weighted by atomic mass is 16.5. The van der Waals surface area contributed by atoms with Crippen LogP contribution in [0.4, 0.5) is 0 Å². The van der Waals surface area contributed by atoms with Crippen LogP contribution in [0, 0.1) is 6.92 Å². The van der Waals surface area contributed by atoms with E-state index in [1.807, 2.05) is 24.3 Å². The van der Waals surface area contributed by atoms with E-state index >= 15 is 0 Å². The summed E-state index contributed by atoms with van der Waals surface area (Å²) in [6.45, 7) is 7.89. The molecule has 0 spiro atoms. The van der Waals surface area contributed by atoms with Gasteiger partial charge in [0.15, 0.2) is 0 Å². The quantitative estimate of drug-likeness (QED) is 0.799. The number of carbonyl (C=O) groups is 1. The molecule has 4 nitrogen and oxygen atoms in total. The van der Waals surface area contributed by atoms with E-state index in [0.717, 1.165) is 44.6 Å². The standard InChI is InChI=1S/C23H30N2O2/c1-3-14-27-22-9-5-8-20(16-22)23(26)24-21-10-12-25(13-11-21)17-19-7-4-6-18(2)15-19/h4-9,15-16,21H,3,10-14,17H2,1-2H3,(H,24,26). The van der Waals surface area contributed by atoms with Crippen LogP contribution in [-0.2, 0) is 6.54 Å². The third-order valence-electron chi connectivity index (χ3n) is 4.98. The molecule has 1 N–H and O–H groups in total. The summed E-state index contributed by atoms with van der Waals surface area (Å²) in [6.07, 6.45) is 2.94. The highest BCUT2D eigenvalue weighted by molar-refractivity contribution is 5.94. The van der Waals surface area contributed by atoms with Gasteiger partial charge in [0.1, 0.15) is 5.75 Å². The average molecular weight is 367 g/mol. The molecule has 2 aromatic carbocycles. The summed E-state index contributed by atoms with van der Waals surface area (Å²) in [5, 5.41) is 3.19. The van der Waals surface area contributed by atoms with Gasteiger partial charge in [0.2, 0.25) is 0 Å². The minimum atomic E-state index is -0.00548. The monoisotopic (exact) mass is 366 g/mol. The highest BCUT2D eigenvalue weighted by Gasteiger charge is 2.21. The molecule has 27 heavy (non-hydrogen) atoms. The number of benzene rings is 2. The maximum atomic E-state index is 12.6. The summed E-state index contributed by atoms with van der Waals surface area (Å²) in [5.74, 6) is 0.756. The van der Waals surface area contributed by atoms with Gasteiger partial charge in [-0.05, 0) is 49.9 Å². The molecule has 0 unspecified atom stereocenters. The van der Waals surface area contributed by atoms with E-state index in [-0.39, 0.29) is 11.9 Å². The number of ether oxygens (including phenoxy) is 1. The van der Waals surface area contributed by atoms with Crippen molar-refractivity contribution in [1.29, 1.82) is 0 Å². The molecule has 3 rings (SSSR count). The first-order chi connectivity index (χ1) is 13.1. The van der Waals surface area contributed by atoms with E-state index in [4.69, 9.17) is 4.74 Å². The van der Waals surface area contributed by atoms with Crippen LogP contribution in [0.1, 0.15) is 47.7 Å². The number of amides is 1. The Morgan fingerprint density at radius 2 is 1.93 bits per heavy atom. The van der Waals surface area contributed by atoms with Crippen LogP contribution in [0.15, 0.2) is 48.5 Å². The maximum Gasteiger partial charge on any atom is 0.251 e. The summed E-state index contributed by atoms with van der Waals surface area (Å²) in [6, 6.07) is 16.4. The molecule has 0 aromatic heterocycles. The van der Waals surface area contributed by atoms with Crippen molar-refractivity contribution in [2.24, 2.45) is 0 Å². The van der Waals surface area contributed by atoms with Gasteiger partial charge >= 0.3 is 0 Å². The molecule has 0 radical (unpaired) electrons. The van der Waals surface area contributed by atoms with Gasteiger partial charge < -0.3 is 10.1 Å². The lowest BCUT2D eigenvalue weighted by Gasteiger charge is -2.32. The van der Waals surface area contributed by atoms with Crippen molar-refractivity contribution in [3.8, 4) is 5.75 Å². The van der Waals surface area contributed by atoms with E-state index in [1.54, 1.807) is 0 Å². The number of hydrogen-bond donors (Lipinski definition) is 1. The van der Waals surface area contributed by atoms with Gasteiger partial charge in [-0.25, -0.2) is 0 Å². The van der Waals surface area contributed by atoms with Gasteiger partial charge in [0, 0.05) is 31.2 Å². The molecular formula is C23H30N2O2. The molecule has 4 heteroatoms. The van der Waals surface area contributed by atoms with Gasteiger partial charge in [-0.15, -0.1) is 0 Å². The van der Waals surface area contributed by atoms with E-state index in [1.165, 1.54) is 11.1 Å². The average Bonchev–Trinajstić information content (AvgIpc) is 2.68. The van der Waals surface area contributed by atoms with Gasteiger partial charge in [-0.3, -0.25) is 9.69 Å². The van der Waals surface area contributed by atoms with Crippen LogP contribution in [0.3, 0.4) is 0 Å². The molecule has 1 fully saturated rings. The van der Waals surface area contributed by atoms with Crippen molar-refractivity contribution in [2.45, 2.75) is 45.7 Å². The number of aryl methyl sites for hydroxylation is 1. The van der Waals surface area contributed by atoms with Crippen LogP contribution in [0.2, 0.25) is 0 Å². The first kappa shape index (κ1) is 19.4. The fourth-order valence-electron chi connectivity index (χ4n) is 3.52. The smallest absolute Gasteiger partial charge is 0.251 e. The van der Waals surface area contributed by atoms with Crippen LogP contribution >= 0.6 is 0 Å². The number of likely N-dealkylation sites (tertiary alicyclic amines) is 1. The Morgan fingerprint density at radius 3 is 2.67 bits per heavy atom. The molecule has 1 heterocycles. The summed E-state index contributed by atoms with van der Waals surface area (Å²) >= 11 is 0. The van der Waals surface area contributed by atoms with Crippen molar-refractivity contribution in [2.75, 3.05) is 19.7 Å². The van der Waals surface area contributed by atoms with Crippen molar-refractivity contribution >= 4 is 5.91 Å². The second-order valence-electron chi connectivity index (χ2n) is 7.39. The van der Waals surface area contributed by atoms with Gasteiger partial charge in [-0.2, -0.15) is 0 Å². The lowest BCUT2D eigenvalue weighted by molar-refractivity contribution is 0.0908. The van der Waals surface area contributed by atoms with Crippen LogP contribution in [-0.4, -0.2) is 36.5 Å². The molecule has 0 atom stereocenters. The predicted molar refractivity (Wildman–Crippen MR) is 109 cm³/mol. The number of nitrogens with zero attached hydrogens (tertiary/aromatic N) is 1. The zero-order valence-electron chi connectivity index (χ0n) is 16.4. The van der Waals surface area contributed by atoms with Crippen LogP contribution in [0.5, 0.6) is 5.75 Å². The zero-order valence-corrected chi connectivity index (χ0v) is 16.4. The number of carbonyl (C=O) groups excluding carboxylic acids is 1. The fraction of sp³-hybridized carbons (Fsp3) is 0.435. The van der Waals surface area contributed by atoms with E-state index in [9.17, 15) is 4.79 Å². The third kappa shape index (κ3) is 5.83. The largest absolute Gasteiger partial charge is 0.494 e. The summed E-state index contributed by atoms with van der Waals surface area (Å²) in [4.78, 5) is 15.0. The molecular weight excluding hydrogens is 336 g/mol. The normalized spacial score (nSPS) is 15.5. The van der Waals surface area contributed by atoms with Gasteiger partial charge in [0.05, 0.1) is 6.61 Å². The summed E-state index contributed by atoms with van der Waals surface area (Å²) < 4.78 is 5.63. The first-order valence-corrected chi connectivity index (χ1v) is 9.95. The number of nitrogens with one attached hydrogen (secondary N) is 1. The predicted octanol–water partition coefficient (Wildman–Crippen LogP) is 4.18. The second kappa shape index (κ2) is 9.56. The minimum Gasteiger partial charge on any atom is -0.494 e. The maximum absolute atomic E-state index is 12.6. The van der Waals surface area contributed by atoms with Crippen molar-refractivity contribution < 1.29 is 9.53 Å². The lowest BCUT2D eigenvalue weighted by atomic mass is 10.0. The Hall–Kier alpha value is -2.33. The van der Waals surface area contributed by atoms with Crippen molar-refractivity contribution in [3.05, 3.63) is 65.2 Å². The van der Waals surface area contributed by atoms with Gasteiger partial charge in [-0.1, -0.05) is 42.8 Å². The van der Waals surface area contributed by atoms with Crippen LogP contribution < -0.4 is 10.1 Å². The summed E-state index contributed by atoms with van der Waals surface area (Å²) in [5.41, 5.74) is 3.34. The zero-order chi connectivity index (χ0) is 19.1. The minimum absolute atomic E-state index is 0.00548. The molecule has 2 aromatic rings. The molecule has 1 saturated heterocycles. The summed E-state index contributed by atoms with van der Waals surface area (Å²) in [7, 11) is 0. The molecule has 144 valence electrons. The molecule has 1 amide bonds. The molecule has 0 bridgehead atoms. The van der Waals surface area contributed by atoms with E-state index in [0.29, 0.717) is 12.2 Å². The lowest BCUT2D eigenvalue weighted by Crippen LogP contribution is -2.44. The van der Waals surface area contributed by atoms with Crippen LogP contribution in [0.25, 0.3) is 0 Å². The Bertz CT molecular complexity index is 752. The van der Waals surface area contributed by atoms with E-state index < -0.39 is 0 Å². The Morgan fingerprint density at radius 1 is 1.15 bits per heavy atom. The highest BCUT2D eigenvalue weighted by Crippen LogP contribution is 2.17. The Balaban J connectivity index is 1.48. The second-order valence-corrected chi connectivity index (χ2v) is 7.39. The SMILES string of the molecule is CCCOc1cccc(C(=O)NC2CCN(Cc3cccc(C)c3)CC2)c1. The third-order valence-corrected chi connectivity index (χ3v) is 4.98. The number of piperidine rings is 1. The molecule has 1 aliphatic rings. The molecule has 0 saturated carbocycles. The van der Waals surface area contributed by atoms with E-state index in [2.05, 4.69) is 48.3 Å². The Labute approximate surface area is 162 Å². The van der Waals surface area contributed by atoms with Gasteiger partial charge in [0.25, 0.3) is 5.91 Å². The molecule has 0 aliphatic carbocycles. The fourth-order valence-corrected chi connectivity index (χ4v) is 3.52. The number of hydrogen-bond acceptors (Lipinski definition) is 3.